The van der Waals surface area contributed by atoms with Gasteiger partial charge < -0.3 is 20.4 Å². The molecule has 0 spiro atoms. The smallest absolute Gasteiger partial charge is 0.0592 e. The molecule has 0 saturated heterocycles. The number of hydrogen-bond acceptors (Lipinski definition) is 4. The fraction of sp³-hybridized carbons (Fsp3) is 0.917. The van der Waals surface area contributed by atoms with E-state index in [-0.39, 0.29) is 24.0 Å². The van der Waals surface area contributed by atoms with Gasteiger partial charge in [-0.1, -0.05) is 18.6 Å². The highest BCUT2D eigenvalue weighted by Crippen LogP contribution is 2.66. The average molecular weight is 391 g/mol. The molecule has 4 rings (SSSR count). The minimum absolute atomic E-state index is 0.103. The predicted molar refractivity (Wildman–Crippen MR) is 114 cm³/mol. The summed E-state index contributed by atoms with van der Waals surface area (Å²) in [4.78, 5) is 2.24. The Balaban J connectivity index is 1.66. The fourth-order valence-corrected chi connectivity index (χ4v) is 8.19. The fourth-order valence-electron chi connectivity index (χ4n) is 8.19. The lowest BCUT2D eigenvalue weighted by molar-refractivity contribution is -0.0946. The SMILES string of the molecule is CN[C@H]1CC[C@@]2(C)C(=CC[C@H]3[C@@H]4C[C@@H](O)[C@H]([C@H](C)N(C)C)[C@@]4(CO)CC[C@@H]32)C1. The van der Waals surface area contributed by atoms with Crippen LogP contribution in [0, 0.1) is 34.5 Å². The van der Waals surface area contributed by atoms with Crippen molar-refractivity contribution in [3.05, 3.63) is 11.6 Å². The standard InChI is InChI=1S/C24H42N2O2/c1-15(26(4)5)22-21(28)13-20-18-7-6-16-12-17(25-3)8-10-23(16,2)19(18)9-11-24(20,22)14-27/h6,15,17-22,25,27-28H,7-14H2,1-5H3/t15-,17-,18+,19-,20-,21+,22-,23-,24+/m0/s1. The van der Waals surface area contributed by atoms with Gasteiger partial charge in [0.05, 0.1) is 6.10 Å². The van der Waals surface area contributed by atoms with Crippen molar-refractivity contribution < 1.29 is 10.2 Å². The lowest BCUT2D eigenvalue weighted by Crippen LogP contribution is -2.55. The van der Waals surface area contributed by atoms with Crippen molar-refractivity contribution in [2.75, 3.05) is 27.7 Å². The summed E-state index contributed by atoms with van der Waals surface area (Å²) < 4.78 is 0. The van der Waals surface area contributed by atoms with Gasteiger partial charge in [-0.15, -0.1) is 0 Å². The van der Waals surface area contributed by atoms with Crippen molar-refractivity contribution in [2.24, 2.45) is 34.5 Å². The maximum Gasteiger partial charge on any atom is 0.0592 e. The molecule has 28 heavy (non-hydrogen) atoms. The van der Waals surface area contributed by atoms with Crippen LogP contribution in [-0.4, -0.2) is 61.1 Å². The number of nitrogens with one attached hydrogen (secondary N) is 1. The van der Waals surface area contributed by atoms with Gasteiger partial charge in [-0.2, -0.15) is 0 Å². The predicted octanol–water partition coefficient (Wildman–Crippen LogP) is 3.05. The second-order valence-corrected chi connectivity index (χ2v) is 11.0. The van der Waals surface area contributed by atoms with E-state index >= 15 is 0 Å². The lowest BCUT2D eigenvalue weighted by Gasteiger charge is -2.59. The van der Waals surface area contributed by atoms with E-state index in [1.54, 1.807) is 5.57 Å². The van der Waals surface area contributed by atoms with Crippen molar-refractivity contribution in [2.45, 2.75) is 77.0 Å². The van der Waals surface area contributed by atoms with E-state index in [0.29, 0.717) is 29.3 Å². The Labute approximate surface area is 171 Å². The summed E-state index contributed by atoms with van der Waals surface area (Å²) in [5.74, 6) is 1.97. The van der Waals surface area contributed by atoms with E-state index in [1.165, 1.54) is 25.7 Å². The molecule has 4 aliphatic rings. The van der Waals surface area contributed by atoms with Crippen LogP contribution in [0.4, 0.5) is 0 Å². The molecule has 0 heterocycles. The van der Waals surface area contributed by atoms with Gasteiger partial charge in [-0.3, -0.25) is 0 Å². The van der Waals surface area contributed by atoms with Crippen LogP contribution in [0.5, 0.6) is 0 Å². The molecule has 0 unspecified atom stereocenters. The first kappa shape index (κ1) is 20.8. The Hall–Kier alpha value is -0.420. The molecule has 3 saturated carbocycles. The number of hydrogen-bond donors (Lipinski definition) is 3. The summed E-state index contributed by atoms with van der Waals surface area (Å²) in [6.07, 6.45) is 10.3. The average Bonchev–Trinajstić information content (AvgIpc) is 2.99. The van der Waals surface area contributed by atoms with Gasteiger partial charge in [0, 0.05) is 30.0 Å². The molecule has 4 aliphatic carbocycles. The number of allylic oxidation sites excluding steroid dienone is 1. The Bertz CT molecular complexity index is 620. The van der Waals surface area contributed by atoms with E-state index in [9.17, 15) is 10.2 Å². The molecule has 0 bridgehead atoms. The normalized spacial score (nSPS) is 49.2. The molecule has 4 heteroatoms. The quantitative estimate of drug-likeness (QED) is 0.646. The molecule has 0 amide bonds. The Kier molecular flexibility index (Phi) is 5.48. The second-order valence-electron chi connectivity index (χ2n) is 11.0. The van der Waals surface area contributed by atoms with Gasteiger partial charge in [0.15, 0.2) is 0 Å². The Morgan fingerprint density at radius 2 is 2.00 bits per heavy atom. The van der Waals surface area contributed by atoms with Crippen LogP contribution in [0.15, 0.2) is 11.6 Å². The van der Waals surface area contributed by atoms with Crippen LogP contribution in [0.25, 0.3) is 0 Å². The van der Waals surface area contributed by atoms with E-state index in [1.807, 2.05) is 0 Å². The van der Waals surface area contributed by atoms with Crippen molar-refractivity contribution >= 4 is 0 Å². The number of aliphatic hydroxyl groups excluding tert-OH is 2. The summed E-state index contributed by atoms with van der Waals surface area (Å²) in [7, 11) is 6.32. The molecule has 0 aliphatic heterocycles. The third-order valence-corrected chi connectivity index (χ3v) is 9.97. The largest absolute Gasteiger partial charge is 0.396 e. The molecule has 0 radical (unpaired) electrons. The van der Waals surface area contributed by atoms with Gasteiger partial charge in [0.25, 0.3) is 0 Å². The molecule has 160 valence electrons. The first-order chi connectivity index (χ1) is 13.3. The highest BCUT2D eigenvalue weighted by atomic mass is 16.3. The summed E-state index contributed by atoms with van der Waals surface area (Å²) in [5.41, 5.74) is 1.91. The monoisotopic (exact) mass is 390 g/mol. The molecular formula is C24H42N2O2. The van der Waals surface area contributed by atoms with Gasteiger partial charge in [-0.25, -0.2) is 0 Å². The summed E-state index contributed by atoms with van der Waals surface area (Å²) in [6, 6.07) is 0.926. The molecule has 4 nitrogen and oxygen atoms in total. The number of nitrogens with zero attached hydrogens (tertiary/aromatic N) is 1. The van der Waals surface area contributed by atoms with E-state index in [2.05, 4.69) is 51.3 Å². The summed E-state index contributed by atoms with van der Waals surface area (Å²) in [5, 5.41) is 25.3. The molecule has 3 fully saturated rings. The highest BCUT2D eigenvalue weighted by molar-refractivity contribution is 5.26. The Morgan fingerprint density at radius 3 is 2.64 bits per heavy atom. The van der Waals surface area contributed by atoms with Crippen molar-refractivity contribution in [1.82, 2.24) is 10.2 Å². The van der Waals surface area contributed by atoms with Crippen LogP contribution in [0.2, 0.25) is 0 Å². The van der Waals surface area contributed by atoms with Crippen LogP contribution in [0.1, 0.15) is 58.8 Å². The van der Waals surface area contributed by atoms with E-state index in [4.69, 9.17) is 0 Å². The molecule has 0 aromatic heterocycles. The molecule has 3 N–H and O–H groups in total. The van der Waals surface area contributed by atoms with E-state index < -0.39 is 0 Å². The van der Waals surface area contributed by atoms with Crippen LogP contribution < -0.4 is 5.32 Å². The highest BCUT2D eigenvalue weighted by Gasteiger charge is 2.63. The summed E-state index contributed by atoms with van der Waals surface area (Å²) in [6.45, 7) is 4.99. The first-order valence-electron chi connectivity index (χ1n) is 11.6. The molecule has 9 atom stereocenters. The third-order valence-electron chi connectivity index (χ3n) is 9.97. The van der Waals surface area contributed by atoms with Gasteiger partial charge in [0.1, 0.15) is 0 Å². The van der Waals surface area contributed by atoms with Gasteiger partial charge in [0.2, 0.25) is 0 Å². The minimum atomic E-state index is -0.286. The van der Waals surface area contributed by atoms with Gasteiger partial charge >= 0.3 is 0 Å². The first-order valence-corrected chi connectivity index (χ1v) is 11.6. The maximum atomic E-state index is 11.1. The number of fused-ring (bicyclic) bond motifs is 5. The maximum absolute atomic E-state index is 11.1. The third kappa shape index (κ3) is 2.85. The van der Waals surface area contributed by atoms with E-state index in [0.717, 1.165) is 25.2 Å². The Morgan fingerprint density at radius 1 is 1.25 bits per heavy atom. The zero-order valence-electron chi connectivity index (χ0n) is 18.6. The van der Waals surface area contributed by atoms with Crippen molar-refractivity contribution in [3.8, 4) is 0 Å². The molecular weight excluding hydrogens is 348 g/mol. The zero-order chi connectivity index (χ0) is 20.3. The second kappa shape index (κ2) is 7.37. The van der Waals surface area contributed by atoms with Crippen LogP contribution in [-0.2, 0) is 0 Å². The lowest BCUT2D eigenvalue weighted by atomic mass is 9.46. The number of aliphatic hydroxyl groups is 2. The molecule has 0 aromatic carbocycles. The van der Waals surface area contributed by atoms with Crippen LogP contribution >= 0.6 is 0 Å². The molecule has 0 aromatic rings. The van der Waals surface area contributed by atoms with Crippen LogP contribution in [0.3, 0.4) is 0 Å². The minimum Gasteiger partial charge on any atom is -0.396 e. The topological polar surface area (TPSA) is 55.7 Å². The van der Waals surface area contributed by atoms with Crippen molar-refractivity contribution in [1.29, 1.82) is 0 Å². The summed E-state index contributed by atoms with van der Waals surface area (Å²) >= 11 is 0. The zero-order valence-corrected chi connectivity index (χ0v) is 18.6. The van der Waals surface area contributed by atoms with Crippen molar-refractivity contribution in [3.63, 3.8) is 0 Å². The van der Waals surface area contributed by atoms with Gasteiger partial charge in [-0.05, 0) is 96.2 Å². The number of rotatable bonds is 4.